The average molecular weight is 515 g/mol. The molecule has 0 amide bonds. The molecule has 0 bridgehead atoms. The fourth-order valence-electron chi connectivity index (χ4n) is 3.05. The Morgan fingerprint density at radius 2 is 1.64 bits per heavy atom. The highest BCUT2D eigenvalue weighted by atomic mass is 127. The number of hydrogen-bond donors (Lipinski definition) is 2. The summed E-state index contributed by atoms with van der Waals surface area (Å²) in [6.07, 6.45) is 0. The number of nitrogens with zero attached hydrogens (tertiary/aromatic N) is 2. The van der Waals surface area contributed by atoms with Crippen molar-refractivity contribution in [2.45, 2.75) is 19.6 Å². The van der Waals surface area contributed by atoms with E-state index in [2.05, 4.69) is 44.8 Å². The van der Waals surface area contributed by atoms with Gasteiger partial charge in [-0.2, -0.15) is 0 Å². The Kier molecular flexibility index (Phi) is 10.0. The summed E-state index contributed by atoms with van der Waals surface area (Å²) in [6, 6.07) is 16.5. The minimum absolute atomic E-state index is 0. The zero-order valence-corrected chi connectivity index (χ0v) is 19.2. The summed E-state index contributed by atoms with van der Waals surface area (Å²) in [6.45, 7) is 6.08. The van der Waals surface area contributed by atoms with Gasteiger partial charge >= 0.3 is 0 Å². The van der Waals surface area contributed by atoms with Crippen molar-refractivity contribution >= 4 is 41.5 Å². The van der Waals surface area contributed by atoms with Crippen LogP contribution in [0.3, 0.4) is 0 Å². The first-order valence-corrected chi connectivity index (χ1v) is 9.67. The molecular weight excluding hydrogens is 487 g/mol. The van der Waals surface area contributed by atoms with E-state index in [1.165, 1.54) is 11.1 Å². The van der Waals surface area contributed by atoms with E-state index >= 15 is 0 Å². The Morgan fingerprint density at radius 1 is 1.00 bits per heavy atom. The average Bonchev–Trinajstić information content (AvgIpc) is 2.70. The summed E-state index contributed by atoms with van der Waals surface area (Å²) in [5.41, 5.74) is 3.74. The number of rotatable bonds is 6. The second-order valence-corrected chi connectivity index (χ2v) is 7.05. The van der Waals surface area contributed by atoms with Crippen LogP contribution in [0, 0.1) is 0 Å². The predicted octanol–water partition coefficient (Wildman–Crippen LogP) is 3.66. The second kappa shape index (κ2) is 12.3. The molecule has 1 fully saturated rings. The molecule has 0 radical (unpaired) electrons. The SMILES string of the molecule is CN=C(NCc1ccc(Cl)cc1)NCc1cccc(CN2CCOCC2)c1.I. The van der Waals surface area contributed by atoms with Crippen molar-refractivity contribution < 1.29 is 4.74 Å². The van der Waals surface area contributed by atoms with Crippen LogP contribution >= 0.6 is 35.6 Å². The van der Waals surface area contributed by atoms with Gasteiger partial charge in [0.15, 0.2) is 5.96 Å². The lowest BCUT2D eigenvalue weighted by Gasteiger charge is -2.26. The monoisotopic (exact) mass is 514 g/mol. The van der Waals surface area contributed by atoms with Gasteiger partial charge in [-0.1, -0.05) is 48.0 Å². The van der Waals surface area contributed by atoms with Gasteiger partial charge in [-0.15, -0.1) is 24.0 Å². The maximum atomic E-state index is 5.93. The molecule has 0 saturated carbocycles. The summed E-state index contributed by atoms with van der Waals surface area (Å²) in [7, 11) is 1.78. The van der Waals surface area contributed by atoms with Crippen LogP contribution in [0.5, 0.6) is 0 Å². The van der Waals surface area contributed by atoms with Crippen LogP contribution in [0.4, 0.5) is 0 Å². The van der Waals surface area contributed by atoms with Crippen LogP contribution in [0.25, 0.3) is 0 Å². The second-order valence-electron chi connectivity index (χ2n) is 6.61. The fraction of sp³-hybridized carbons (Fsp3) is 0.381. The van der Waals surface area contributed by atoms with Gasteiger partial charge in [-0.25, -0.2) is 0 Å². The lowest BCUT2D eigenvalue weighted by Crippen LogP contribution is -2.36. The molecule has 1 saturated heterocycles. The number of benzene rings is 2. The van der Waals surface area contributed by atoms with Gasteiger partial charge in [-0.3, -0.25) is 9.89 Å². The van der Waals surface area contributed by atoms with Gasteiger partial charge in [-0.05, 0) is 28.8 Å². The number of nitrogens with one attached hydrogen (secondary N) is 2. The normalized spacial score (nSPS) is 15.0. The molecule has 0 aromatic heterocycles. The van der Waals surface area contributed by atoms with Gasteiger partial charge in [0.25, 0.3) is 0 Å². The van der Waals surface area contributed by atoms with E-state index in [4.69, 9.17) is 16.3 Å². The molecule has 2 aromatic carbocycles. The number of halogens is 2. The fourth-order valence-corrected chi connectivity index (χ4v) is 3.18. The van der Waals surface area contributed by atoms with Crippen LogP contribution in [0.2, 0.25) is 5.02 Å². The maximum Gasteiger partial charge on any atom is 0.191 e. The van der Waals surface area contributed by atoms with E-state index in [1.54, 1.807) is 7.05 Å². The van der Waals surface area contributed by atoms with E-state index in [1.807, 2.05) is 24.3 Å². The Labute approximate surface area is 189 Å². The summed E-state index contributed by atoms with van der Waals surface area (Å²) >= 11 is 5.93. The molecular formula is C21H28ClIN4O. The molecule has 1 heterocycles. The van der Waals surface area contributed by atoms with Crippen LogP contribution in [0.1, 0.15) is 16.7 Å². The number of aliphatic imine (C=N–C) groups is 1. The number of guanidine groups is 1. The van der Waals surface area contributed by atoms with Crippen molar-refractivity contribution in [2.75, 3.05) is 33.4 Å². The Morgan fingerprint density at radius 3 is 2.32 bits per heavy atom. The molecule has 7 heteroatoms. The first kappa shape index (κ1) is 22.9. The van der Waals surface area contributed by atoms with Gasteiger partial charge in [0.2, 0.25) is 0 Å². The first-order valence-electron chi connectivity index (χ1n) is 9.30. The summed E-state index contributed by atoms with van der Waals surface area (Å²) < 4.78 is 5.42. The van der Waals surface area contributed by atoms with Crippen molar-refractivity contribution in [2.24, 2.45) is 4.99 Å². The third kappa shape index (κ3) is 7.58. The highest BCUT2D eigenvalue weighted by molar-refractivity contribution is 14.0. The van der Waals surface area contributed by atoms with Gasteiger partial charge < -0.3 is 15.4 Å². The highest BCUT2D eigenvalue weighted by Crippen LogP contribution is 2.11. The van der Waals surface area contributed by atoms with Gasteiger partial charge in [0.1, 0.15) is 0 Å². The zero-order valence-electron chi connectivity index (χ0n) is 16.2. The quantitative estimate of drug-likeness (QED) is 0.351. The van der Waals surface area contributed by atoms with Gasteiger partial charge in [0.05, 0.1) is 13.2 Å². The molecule has 0 spiro atoms. The van der Waals surface area contributed by atoms with Crippen LogP contribution in [0.15, 0.2) is 53.5 Å². The van der Waals surface area contributed by atoms with Crippen LogP contribution < -0.4 is 10.6 Å². The number of hydrogen-bond acceptors (Lipinski definition) is 3. The van der Waals surface area contributed by atoms with Crippen molar-refractivity contribution in [1.29, 1.82) is 0 Å². The minimum Gasteiger partial charge on any atom is -0.379 e. The molecule has 5 nitrogen and oxygen atoms in total. The number of ether oxygens (including phenoxy) is 1. The summed E-state index contributed by atoms with van der Waals surface area (Å²) in [5.74, 6) is 0.781. The highest BCUT2D eigenvalue weighted by Gasteiger charge is 2.10. The molecule has 0 unspecified atom stereocenters. The molecule has 2 aromatic rings. The third-order valence-electron chi connectivity index (χ3n) is 4.56. The largest absolute Gasteiger partial charge is 0.379 e. The maximum absolute atomic E-state index is 5.93. The topological polar surface area (TPSA) is 48.9 Å². The van der Waals surface area contributed by atoms with Crippen molar-refractivity contribution in [1.82, 2.24) is 15.5 Å². The van der Waals surface area contributed by atoms with E-state index in [-0.39, 0.29) is 24.0 Å². The minimum atomic E-state index is 0. The molecule has 2 N–H and O–H groups in total. The molecule has 152 valence electrons. The van der Waals surface area contributed by atoms with E-state index in [9.17, 15) is 0 Å². The molecule has 3 rings (SSSR count). The molecule has 1 aliphatic heterocycles. The summed E-state index contributed by atoms with van der Waals surface area (Å²) in [4.78, 5) is 6.73. The van der Waals surface area contributed by atoms with E-state index < -0.39 is 0 Å². The Hall–Kier alpha value is -1.35. The van der Waals surface area contributed by atoms with Crippen LogP contribution in [-0.2, 0) is 24.4 Å². The molecule has 1 aliphatic rings. The van der Waals surface area contributed by atoms with Gasteiger partial charge in [0, 0.05) is 44.8 Å². The lowest BCUT2D eigenvalue weighted by atomic mass is 10.1. The van der Waals surface area contributed by atoms with E-state index in [0.29, 0.717) is 6.54 Å². The Balaban J connectivity index is 0.00000280. The zero-order chi connectivity index (χ0) is 18.9. The summed E-state index contributed by atoms with van der Waals surface area (Å²) in [5, 5.41) is 7.46. The number of morpholine rings is 1. The molecule has 0 atom stereocenters. The van der Waals surface area contributed by atoms with Crippen molar-refractivity contribution in [3.63, 3.8) is 0 Å². The molecule has 0 aliphatic carbocycles. The standard InChI is InChI=1S/C21H27ClN4O.HI/c1-23-21(24-14-17-5-7-20(22)8-6-17)25-15-18-3-2-4-19(13-18)16-26-9-11-27-12-10-26;/h2-8,13H,9-12,14-16H2,1H3,(H2,23,24,25);1H. The predicted molar refractivity (Wildman–Crippen MR) is 126 cm³/mol. The van der Waals surface area contributed by atoms with E-state index in [0.717, 1.165) is 55.9 Å². The lowest BCUT2D eigenvalue weighted by molar-refractivity contribution is 0.0342. The first-order chi connectivity index (χ1) is 13.2. The third-order valence-corrected chi connectivity index (χ3v) is 4.81. The van der Waals surface area contributed by atoms with Crippen LogP contribution in [-0.4, -0.2) is 44.2 Å². The van der Waals surface area contributed by atoms with Crippen molar-refractivity contribution in [3.8, 4) is 0 Å². The molecule has 28 heavy (non-hydrogen) atoms. The smallest absolute Gasteiger partial charge is 0.191 e. The Bertz CT molecular complexity index is 748. The van der Waals surface area contributed by atoms with Crippen molar-refractivity contribution in [3.05, 3.63) is 70.2 Å².